The summed E-state index contributed by atoms with van der Waals surface area (Å²) in [6.07, 6.45) is 7.39. The molecule has 1 fully saturated rings. The number of hydrogen-bond acceptors (Lipinski definition) is 7. The standard InChI is InChI=1S/C34H46N6O3/c1-3-4-16-37-34(35)38-33(41)13-9-27-8-12-31(32(25-27)43-24-5-23-42-2)29-10-6-28(7-11-29)26-39-19-21-40(22-20-39)30-14-17-36-18-15-30/h6-8,10-12,14-15,17-18,25H,3-5,9,13,16,19-24,26H2,1-2H3,(H3,35,37,38,41). The number of carbonyl (C=O) groups is 1. The van der Waals surface area contributed by atoms with Crippen LogP contribution in [0.25, 0.3) is 11.1 Å². The van der Waals surface area contributed by atoms with Crippen LogP contribution in [-0.2, 0) is 22.5 Å². The molecule has 2 heterocycles. The Balaban J connectivity index is 1.36. The van der Waals surface area contributed by atoms with Crippen LogP contribution in [0.4, 0.5) is 5.69 Å². The third-order valence-electron chi connectivity index (χ3n) is 7.57. The lowest BCUT2D eigenvalue weighted by Gasteiger charge is -2.36. The molecule has 1 aromatic heterocycles. The molecule has 0 spiro atoms. The van der Waals surface area contributed by atoms with Gasteiger partial charge < -0.3 is 20.1 Å². The van der Waals surface area contributed by atoms with E-state index in [2.05, 4.69) is 80.5 Å². The van der Waals surface area contributed by atoms with E-state index in [1.807, 2.05) is 18.5 Å². The average molecular weight is 587 g/mol. The molecule has 1 amide bonds. The number of aliphatic imine (C=N–C) groups is 1. The first kappa shape index (κ1) is 32.0. The van der Waals surface area contributed by atoms with E-state index in [0.29, 0.717) is 32.6 Å². The summed E-state index contributed by atoms with van der Waals surface area (Å²) in [5.41, 5.74) is 11.6. The monoisotopic (exact) mass is 586 g/mol. The lowest BCUT2D eigenvalue weighted by Crippen LogP contribution is -2.45. The summed E-state index contributed by atoms with van der Waals surface area (Å²) in [5.74, 6) is 0.861. The first-order valence-electron chi connectivity index (χ1n) is 15.4. The molecule has 3 N–H and O–H groups in total. The highest BCUT2D eigenvalue weighted by Crippen LogP contribution is 2.32. The molecule has 9 nitrogen and oxygen atoms in total. The second kappa shape index (κ2) is 17.2. The molecule has 9 heteroatoms. The number of unbranched alkanes of at least 4 members (excludes halogenated alkanes) is 1. The second-order valence-corrected chi connectivity index (χ2v) is 10.9. The number of aromatic nitrogens is 1. The van der Waals surface area contributed by atoms with Crippen molar-refractivity contribution in [1.82, 2.24) is 15.2 Å². The van der Waals surface area contributed by atoms with Crippen molar-refractivity contribution in [3.05, 3.63) is 78.1 Å². The second-order valence-electron chi connectivity index (χ2n) is 10.9. The quantitative estimate of drug-likeness (QED) is 0.152. The Kier molecular flexibility index (Phi) is 12.8. The van der Waals surface area contributed by atoms with Crippen molar-refractivity contribution in [3.8, 4) is 16.9 Å². The number of guanidine groups is 1. The maximum Gasteiger partial charge on any atom is 0.226 e. The van der Waals surface area contributed by atoms with E-state index >= 15 is 0 Å². The van der Waals surface area contributed by atoms with Crippen molar-refractivity contribution in [2.45, 2.75) is 45.6 Å². The van der Waals surface area contributed by atoms with Crippen molar-refractivity contribution < 1.29 is 14.3 Å². The minimum absolute atomic E-state index is 0.140. The van der Waals surface area contributed by atoms with Crippen molar-refractivity contribution in [2.24, 2.45) is 10.7 Å². The fourth-order valence-electron chi connectivity index (χ4n) is 5.09. The molecule has 0 aliphatic carbocycles. The molecule has 43 heavy (non-hydrogen) atoms. The normalized spacial score (nSPS) is 14.1. The predicted octanol–water partition coefficient (Wildman–Crippen LogP) is 4.65. The predicted molar refractivity (Wildman–Crippen MR) is 173 cm³/mol. The number of benzene rings is 2. The molecule has 2 aromatic carbocycles. The van der Waals surface area contributed by atoms with Crippen molar-refractivity contribution in [2.75, 3.05) is 57.9 Å². The first-order valence-corrected chi connectivity index (χ1v) is 15.4. The minimum atomic E-state index is -0.140. The van der Waals surface area contributed by atoms with E-state index in [0.717, 1.165) is 74.4 Å². The summed E-state index contributed by atoms with van der Waals surface area (Å²) in [4.78, 5) is 25.7. The Morgan fingerprint density at radius 3 is 2.44 bits per heavy atom. The number of piperazine rings is 1. The van der Waals surface area contributed by atoms with Gasteiger partial charge in [0.25, 0.3) is 0 Å². The number of rotatable bonds is 15. The summed E-state index contributed by atoms with van der Waals surface area (Å²) in [6.45, 7) is 8.93. The third kappa shape index (κ3) is 10.4. The van der Waals surface area contributed by atoms with Gasteiger partial charge >= 0.3 is 0 Å². The molecular weight excluding hydrogens is 540 g/mol. The summed E-state index contributed by atoms with van der Waals surface area (Å²) >= 11 is 0. The zero-order valence-corrected chi connectivity index (χ0v) is 25.6. The van der Waals surface area contributed by atoms with Crippen LogP contribution in [0.3, 0.4) is 0 Å². The van der Waals surface area contributed by atoms with Gasteiger partial charge in [-0.1, -0.05) is 49.7 Å². The molecule has 1 aliphatic rings. The van der Waals surface area contributed by atoms with Gasteiger partial charge in [0.15, 0.2) is 5.96 Å². The summed E-state index contributed by atoms with van der Waals surface area (Å²) in [5, 5.41) is 2.69. The number of ether oxygens (including phenoxy) is 2. The fourth-order valence-corrected chi connectivity index (χ4v) is 5.09. The molecule has 0 unspecified atom stereocenters. The highest BCUT2D eigenvalue weighted by Gasteiger charge is 2.17. The minimum Gasteiger partial charge on any atom is -0.493 e. The molecule has 0 atom stereocenters. The molecule has 0 saturated carbocycles. The van der Waals surface area contributed by atoms with E-state index in [4.69, 9.17) is 15.2 Å². The number of aryl methyl sites for hydroxylation is 1. The van der Waals surface area contributed by atoms with Gasteiger partial charge in [-0.2, -0.15) is 0 Å². The average Bonchev–Trinajstić information content (AvgIpc) is 3.03. The maximum atomic E-state index is 12.4. The molecule has 4 rings (SSSR count). The van der Waals surface area contributed by atoms with E-state index in [1.54, 1.807) is 7.11 Å². The van der Waals surface area contributed by atoms with Gasteiger partial charge in [-0.25, -0.2) is 0 Å². The molecule has 1 aliphatic heterocycles. The Bertz CT molecular complexity index is 1290. The van der Waals surface area contributed by atoms with E-state index < -0.39 is 0 Å². The zero-order chi connectivity index (χ0) is 30.3. The molecule has 0 bridgehead atoms. The Hall–Kier alpha value is -3.95. The number of carbonyl (C=O) groups excluding carboxylic acids is 1. The van der Waals surface area contributed by atoms with Crippen molar-refractivity contribution in [3.63, 3.8) is 0 Å². The Morgan fingerprint density at radius 1 is 0.977 bits per heavy atom. The Labute approximate surface area is 256 Å². The number of nitrogens with two attached hydrogens (primary N) is 1. The summed E-state index contributed by atoms with van der Waals surface area (Å²) in [6, 6.07) is 19.1. The lowest BCUT2D eigenvalue weighted by molar-refractivity contribution is -0.119. The number of nitrogens with one attached hydrogen (secondary N) is 1. The van der Waals surface area contributed by atoms with Crippen molar-refractivity contribution in [1.29, 1.82) is 0 Å². The zero-order valence-electron chi connectivity index (χ0n) is 25.6. The van der Waals surface area contributed by atoms with Crippen LogP contribution < -0.4 is 20.7 Å². The maximum absolute atomic E-state index is 12.4. The smallest absolute Gasteiger partial charge is 0.226 e. The van der Waals surface area contributed by atoms with E-state index in [-0.39, 0.29) is 11.9 Å². The number of hydrogen-bond donors (Lipinski definition) is 2. The number of pyridine rings is 1. The number of anilines is 1. The molecule has 3 aromatic rings. The highest BCUT2D eigenvalue weighted by molar-refractivity contribution is 5.96. The van der Waals surface area contributed by atoms with Crippen LogP contribution in [0, 0.1) is 0 Å². The van der Waals surface area contributed by atoms with Gasteiger partial charge in [0.2, 0.25) is 5.91 Å². The Morgan fingerprint density at radius 2 is 1.72 bits per heavy atom. The van der Waals surface area contributed by atoms with Gasteiger partial charge in [0, 0.05) is 89.5 Å². The number of amides is 1. The third-order valence-corrected chi connectivity index (χ3v) is 7.57. The van der Waals surface area contributed by atoms with E-state index in [9.17, 15) is 4.79 Å². The van der Waals surface area contributed by atoms with Gasteiger partial charge in [-0.05, 0) is 47.7 Å². The number of nitrogens with zero attached hydrogens (tertiary/aromatic N) is 4. The van der Waals surface area contributed by atoms with Crippen LogP contribution in [-0.4, -0.2) is 74.8 Å². The SMILES string of the molecule is CCCCN=C(N)NC(=O)CCc1ccc(-c2ccc(CN3CCN(c4ccncc4)CC3)cc2)c(OCCCOC)c1. The van der Waals surface area contributed by atoms with Crippen LogP contribution in [0.2, 0.25) is 0 Å². The molecule has 1 saturated heterocycles. The largest absolute Gasteiger partial charge is 0.493 e. The van der Waals surface area contributed by atoms with Gasteiger partial charge in [-0.15, -0.1) is 0 Å². The van der Waals surface area contributed by atoms with Crippen LogP contribution in [0.1, 0.15) is 43.7 Å². The van der Waals surface area contributed by atoms with E-state index in [1.165, 1.54) is 11.3 Å². The summed E-state index contributed by atoms with van der Waals surface area (Å²) < 4.78 is 11.4. The fraction of sp³-hybridized carbons (Fsp3) is 0.441. The van der Waals surface area contributed by atoms with Crippen LogP contribution in [0.15, 0.2) is 72.0 Å². The molecule has 0 radical (unpaired) electrons. The van der Waals surface area contributed by atoms with Crippen LogP contribution in [0.5, 0.6) is 5.75 Å². The number of methoxy groups -OCH3 is 1. The molecular formula is C34H46N6O3. The van der Waals surface area contributed by atoms with Crippen molar-refractivity contribution >= 4 is 17.6 Å². The first-order chi connectivity index (χ1) is 21.1. The highest BCUT2D eigenvalue weighted by atomic mass is 16.5. The lowest BCUT2D eigenvalue weighted by atomic mass is 9.99. The molecule has 230 valence electrons. The van der Waals surface area contributed by atoms with Gasteiger partial charge in [0.05, 0.1) is 6.61 Å². The van der Waals surface area contributed by atoms with Crippen LogP contribution >= 0.6 is 0 Å². The topological polar surface area (TPSA) is 105 Å². The van der Waals surface area contributed by atoms with Gasteiger partial charge in [-0.3, -0.25) is 25.0 Å². The summed E-state index contributed by atoms with van der Waals surface area (Å²) in [7, 11) is 1.70. The van der Waals surface area contributed by atoms with Gasteiger partial charge in [0.1, 0.15) is 5.75 Å².